The summed E-state index contributed by atoms with van der Waals surface area (Å²) in [6, 6.07) is 0. The predicted molar refractivity (Wildman–Crippen MR) is 64.2 cm³/mol. The van der Waals surface area contributed by atoms with E-state index in [9.17, 15) is 31.1 Å². The molecular formula is C12H12F6N2O3. The van der Waals surface area contributed by atoms with Crippen LogP contribution >= 0.6 is 0 Å². The van der Waals surface area contributed by atoms with Gasteiger partial charge in [0, 0.05) is 12.1 Å². The number of alkyl halides is 6. The van der Waals surface area contributed by atoms with Gasteiger partial charge in [0.1, 0.15) is 5.56 Å². The first-order valence-corrected chi connectivity index (χ1v) is 6.19. The van der Waals surface area contributed by atoms with Crippen LogP contribution in [0.25, 0.3) is 0 Å². The highest BCUT2D eigenvalue weighted by atomic mass is 19.4. The number of nitrogens with zero attached hydrogens (tertiary/aromatic N) is 1. The highest BCUT2D eigenvalue weighted by Gasteiger charge is 2.42. The molecule has 0 unspecified atom stereocenters. The zero-order valence-corrected chi connectivity index (χ0v) is 11.7. The molecule has 0 spiro atoms. The lowest BCUT2D eigenvalue weighted by Crippen LogP contribution is -2.24. The van der Waals surface area contributed by atoms with Crippen LogP contribution in [0.1, 0.15) is 23.7 Å². The third kappa shape index (κ3) is 5.27. The van der Waals surface area contributed by atoms with Gasteiger partial charge >= 0.3 is 18.5 Å². The molecule has 0 aliphatic rings. The van der Waals surface area contributed by atoms with Crippen molar-refractivity contribution in [3.05, 3.63) is 23.0 Å². The Morgan fingerprint density at radius 1 is 1.26 bits per heavy atom. The van der Waals surface area contributed by atoms with E-state index >= 15 is 0 Å². The molecule has 23 heavy (non-hydrogen) atoms. The fraction of sp³-hybridized carbons (Fsp3) is 0.500. The van der Waals surface area contributed by atoms with Gasteiger partial charge in [-0.2, -0.15) is 13.2 Å². The Morgan fingerprint density at radius 2 is 1.87 bits per heavy atom. The van der Waals surface area contributed by atoms with Gasteiger partial charge in [-0.25, -0.2) is 0 Å². The smallest absolute Gasteiger partial charge is 0.466 e. The summed E-state index contributed by atoms with van der Waals surface area (Å²) in [6.07, 6.45) is -10.9. The first kappa shape index (κ1) is 19.0. The number of aromatic nitrogens is 1. The minimum absolute atomic E-state index is 0.0157. The Morgan fingerprint density at radius 3 is 2.30 bits per heavy atom. The number of hydrogen-bond acceptors (Lipinski definition) is 5. The van der Waals surface area contributed by atoms with Gasteiger partial charge in [-0.3, -0.25) is 9.78 Å². The van der Waals surface area contributed by atoms with E-state index in [4.69, 9.17) is 5.73 Å². The normalized spacial score (nSPS) is 12.2. The summed E-state index contributed by atoms with van der Waals surface area (Å²) in [7, 11) is 0. The van der Waals surface area contributed by atoms with Gasteiger partial charge in [0.25, 0.3) is 0 Å². The van der Waals surface area contributed by atoms with Crippen molar-refractivity contribution in [3.8, 4) is 5.75 Å². The summed E-state index contributed by atoms with van der Waals surface area (Å²) in [5.74, 6) is -2.41. The van der Waals surface area contributed by atoms with E-state index in [-0.39, 0.29) is 12.8 Å². The standard InChI is InChI=1S/C12H12F6N2O3/c1-2-22-9(21)3-7-6(4-19)10(11(13,14)15)8(5-20-7)23-12(16,17)18/h5H,2-4,19H2,1H3. The van der Waals surface area contributed by atoms with Crippen LogP contribution in [0, 0.1) is 0 Å². The van der Waals surface area contributed by atoms with E-state index < -0.39 is 54.0 Å². The molecule has 0 aliphatic carbocycles. The second-order valence-corrected chi connectivity index (χ2v) is 4.15. The molecule has 0 bridgehead atoms. The van der Waals surface area contributed by atoms with Gasteiger partial charge in [-0.15, -0.1) is 13.2 Å². The first-order valence-electron chi connectivity index (χ1n) is 6.19. The average Bonchev–Trinajstić information content (AvgIpc) is 2.37. The second kappa shape index (κ2) is 7.02. The van der Waals surface area contributed by atoms with Crippen molar-refractivity contribution in [1.29, 1.82) is 0 Å². The van der Waals surface area contributed by atoms with Gasteiger partial charge in [0.05, 0.1) is 24.9 Å². The fourth-order valence-corrected chi connectivity index (χ4v) is 1.81. The van der Waals surface area contributed by atoms with Gasteiger partial charge in [-0.05, 0) is 6.92 Å². The molecule has 5 nitrogen and oxygen atoms in total. The monoisotopic (exact) mass is 346 g/mol. The van der Waals surface area contributed by atoms with E-state index in [1.54, 1.807) is 0 Å². The quantitative estimate of drug-likeness (QED) is 0.655. The Hall–Kier alpha value is -2.04. The van der Waals surface area contributed by atoms with Crippen molar-refractivity contribution >= 4 is 5.97 Å². The van der Waals surface area contributed by atoms with E-state index in [0.29, 0.717) is 0 Å². The SMILES string of the molecule is CCOC(=O)Cc1ncc(OC(F)(F)F)c(C(F)(F)F)c1CN. The third-order valence-electron chi connectivity index (χ3n) is 2.56. The Bertz CT molecular complexity index is 571. The topological polar surface area (TPSA) is 74.4 Å². The first-order chi connectivity index (χ1) is 10.5. The van der Waals surface area contributed by atoms with Crippen LogP contribution < -0.4 is 10.5 Å². The summed E-state index contributed by atoms with van der Waals surface area (Å²) in [5.41, 5.74) is 2.30. The van der Waals surface area contributed by atoms with Crippen LogP contribution in [0.3, 0.4) is 0 Å². The molecule has 1 aromatic heterocycles. The van der Waals surface area contributed by atoms with Crippen LogP contribution in [0.15, 0.2) is 6.20 Å². The largest absolute Gasteiger partial charge is 0.573 e. The van der Waals surface area contributed by atoms with Crippen molar-refractivity contribution in [3.63, 3.8) is 0 Å². The highest BCUT2D eigenvalue weighted by molar-refractivity contribution is 5.72. The maximum atomic E-state index is 13.1. The molecule has 2 N–H and O–H groups in total. The molecule has 130 valence electrons. The molecular weight excluding hydrogens is 334 g/mol. The lowest BCUT2D eigenvalue weighted by Gasteiger charge is -2.19. The number of pyridine rings is 1. The number of esters is 1. The van der Waals surface area contributed by atoms with E-state index in [1.807, 2.05) is 0 Å². The summed E-state index contributed by atoms with van der Waals surface area (Å²) >= 11 is 0. The molecule has 0 saturated carbocycles. The molecule has 0 atom stereocenters. The zero-order valence-electron chi connectivity index (χ0n) is 11.7. The average molecular weight is 346 g/mol. The molecule has 0 radical (unpaired) electrons. The van der Waals surface area contributed by atoms with E-state index in [2.05, 4.69) is 14.5 Å². The second-order valence-electron chi connectivity index (χ2n) is 4.15. The zero-order chi connectivity index (χ0) is 17.8. The number of nitrogens with two attached hydrogens (primary N) is 1. The Labute approximate surface area is 126 Å². The predicted octanol–water partition coefficient (Wildman–Crippen LogP) is 2.56. The van der Waals surface area contributed by atoms with Crippen LogP contribution in [0.2, 0.25) is 0 Å². The maximum absolute atomic E-state index is 13.1. The van der Waals surface area contributed by atoms with Crippen molar-refractivity contribution in [1.82, 2.24) is 4.98 Å². The molecule has 11 heteroatoms. The van der Waals surface area contributed by atoms with Crippen molar-refractivity contribution < 1.29 is 40.6 Å². The third-order valence-corrected chi connectivity index (χ3v) is 2.56. The highest BCUT2D eigenvalue weighted by Crippen LogP contribution is 2.41. The Balaban J connectivity index is 3.40. The summed E-state index contributed by atoms with van der Waals surface area (Å²) in [5, 5.41) is 0. The summed E-state index contributed by atoms with van der Waals surface area (Å²) in [6.45, 7) is 0.681. The van der Waals surface area contributed by atoms with Crippen LogP contribution in [-0.2, 0) is 28.7 Å². The van der Waals surface area contributed by atoms with Gasteiger partial charge in [0.15, 0.2) is 5.75 Å². The van der Waals surface area contributed by atoms with Crippen LogP contribution in [-0.4, -0.2) is 23.9 Å². The van der Waals surface area contributed by atoms with Crippen molar-refractivity contribution in [2.75, 3.05) is 6.61 Å². The number of carbonyl (C=O) groups is 1. The molecule has 0 saturated heterocycles. The number of hydrogen-bond donors (Lipinski definition) is 1. The van der Waals surface area contributed by atoms with Gasteiger partial charge in [-0.1, -0.05) is 0 Å². The molecule has 0 aromatic carbocycles. The van der Waals surface area contributed by atoms with Crippen molar-refractivity contribution in [2.24, 2.45) is 5.73 Å². The fourth-order valence-electron chi connectivity index (χ4n) is 1.81. The molecule has 1 rings (SSSR count). The van der Waals surface area contributed by atoms with Crippen LogP contribution in [0.5, 0.6) is 5.75 Å². The number of rotatable bonds is 5. The molecule has 0 fully saturated rings. The van der Waals surface area contributed by atoms with Gasteiger partial charge in [0.2, 0.25) is 0 Å². The van der Waals surface area contributed by atoms with E-state index in [0.717, 1.165) is 0 Å². The van der Waals surface area contributed by atoms with Crippen LogP contribution in [0.4, 0.5) is 26.3 Å². The minimum Gasteiger partial charge on any atom is -0.466 e. The molecule has 1 aromatic rings. The van der Waals surface area contributed by atoms with E-state index in [1.165, 1.54) is 6.92 Å². The minimum atomic E-state index is -5.34. The maximum Gasteiger partial charge on any atom is 0.573 e. The number of halogens is 6. The molecule has 0 amide bonds. The molecule has 0 aliphatic heterocycles. The lowest BCUT2D eigenvalue weighted by molar-refractivity contribution is -0.276. The lowest BCUT2D eigenvalue weighted by atomic mass is 10.0. The Kier molecular flexibility index (Phi) is 5.81. The van der Waals surface area contributed by atoms with Gasteiger partial charge < -0.3 is 15.2 Å². The summed E-state index contributed by atoms with van der Waals surface area (Å²) in [4.78, 5) is 14.8. The number of carbonyl (C=O) groups excluding carboxylic acids is 1. The van der Waals surface area contributed by atoms with Crippen molar-refractivity contribution in [2.45, 2.75) is 32.4 Å². The molecule has 1 heterocycles. The number of ether oxygens (including phenoxy) is 2. The summed E-state index contributed by atoms with van der Waals surface area (Å²) < 4.78 is 83.9.